The second-order valence-corrected chi connectivity index (χ2v) is 22.6. The van der Waals surface area contributed by atoms with Crippen molar-refractivity contribution >= 4 is 36.4 Å². The number of carbonyl (C=O) groups is 4. The second kappa shape index (κ2) is 21.1. The first-order valence-corrected chi connectivity index (χ1v) is 24.5. The minimum absolute atomic E-state index is 0. The van der Waals surface area contributed by atoms with Gasteiger partial charge < -0.3 is 45.3 Å². The molecule has 2 heterocycles. The Balaban J connectivity index is 0.000000224. The quantitative estimate of drug-likeness (QED) is 0.109. The minimum atomic E-state index is -1.04. The van der Waals surface area contributed by atoms with Gasteiger partial charge in [-0.3, -0.25) is 9.59 Å². The molecular weight excluding hydrogens is 888 g/mol. The zero-order valence-electron chi connectivity index (χ0n) is 41.6. The first-order valence-electron chi connectivity index (χ1n) is 24.5. The van der Waals surface area contributed by atoms with Crippen molar-refractivity contribution in [3.63, 3.8) is 0 Å². The normalized spacial score (nSPS) is 29.7. The average Bonchev–Trinajstić information content (AvgIpc) is 3.85. The molecule has 0 aromatic carbocycles. The smallest absolute Gasteiger partial charge is 0.407 e. The average molecular weight is 967 g/mol. The molecule has 2 aromatic rings. The Morgan fingerprint density at radius 3 is 1.42 bits per heavy atom. The predicted molar refractivity (Wildman–Crippen MR) is 260 cm³/mol. The van der Waals surface area contributed by atoms with E-state index in [0.29, 0.717) is 79.0 Å². The van der Waals surface area contributed by atoms with E-state index in [0.717, 1.165) is 44.9 Å². The highest BCUT2D eigenvalue weighted by molar-refractivity contribution is 5.97. The largest absolute Gasteiger partial charge is 0.477 e. The first-order chi connectivity index (χ1) is 32.0. The highest BCUT2D eigenvalue weighted by atomic mass is 19.1. The summed E-state index contributed by atoms with van der Waals surface area (Å²) in [6.45, 7) is 16.3. The fraction of sp³-hybridized carbons (Fsp3) is 0.725. The van der Waals surface area contributed by atoms with Crippen LogP contribution >= 0.6 is 0 Å². The fourth-order valence-electron chi connectivity index (χ4n) is 12.1. The van der Waals surface area contributed by atoms with Gasteiger partial charge in [-0.05, 0) is 151 Å². The Morgan fingerprint density at radius 2 is 1.07 bits per heavy atom. The van der Waals surface area contributed by atoms with E-state index < -0.39 is 34.5 Å². The van der Waals surface area contributed by atoms with Crippen LogP contribution in [-0.2, 0) is 9.47 Å². The number of amides is 4. The molecular formula is C51H79FN8O9. The third-order valence-corrected chi connectivity index (χ3v) is 14.6. The molecule has 8 fully saturated rings. The summed E-state index contributed by atoms with van der Waals surface area (Å²) in [4.78, 5) is 49.9. The number of halogens is 1. The van der Waals surface area contributed by atoms with Gasteiger partial charge in [0.15, 0.2) is 0 Å². The standard InChI is InChI=1S/C25H37FN4O4.C25H38N4O5.CH4/c1-15(2)14-34-22-19(13-27-30(22)7-6-24(3,4)29-23(32)33-5)21(31)28-20-17-8-16-9-18(20)12-25(26,10-16)11-17;1-15(2)14-34-22-19(13-26-29(22)7-6-24(3,4)28-23(31)33-5)21(30)27-20-17-8-16-9-18(20)12-25(32,10-16)11-17;/h6-7,13,15-18,20H,8-12,14H2,1-5H3,(H,28,31)(H,29,32);6-7,13,15-18,20,32H,8-12,14H2,1-5H3,(H,27,30)(H,28,31);1H4/b2*7-6+;. The number of aliphatic hydroxyl groups is 1. The summed E-state index contributed by atoms with van der Waals surface area (Å²) in [5.41, 5.74) is -2.24. The van der Waals surface area contributed by atoms with Gasteiger partial charge in [-0.25, -0.2) is 23.3 Å². The Bertz CT molecular complexity index is 2030. The van der Waals surface area contributed by atoms with Crippen LogP contribution in [0.5, 0.6) is 11.8 Å². The van der Waals surface area contributed by atoms with Gasteiger partial charge in [0, 0.05) is 24.5 Å². The Morgan fingerprint density at radius 1 is 0.696 bits per heavy atom. The van der Waals surface area contributed by atoms with Crippen LogP contribution in [0, 0.1) is 47.3 Å². The van der Waals surface area contributed by atoms with Crippen molar-refractivity contribution < 1.29 is 47.6 Å². The number of hydrogen-bond acceptors (Lipinski definition) is 11. The van der Waals surface area contributed by atoms with Crippen LogP contribution in [0.2, 0.25) is 0 Å². The van der Waals surface area contributed by atoms with Crippen molar-refractivity contribution in [2.75, 3.05) is 27.4 Å². The van der Waals surface area contributed by atoms with Crippen LogP contribution in [0.3, 0.4) is 0 Å². The lowest BCUT2D eigenvalue weighted by Gasteiger charge is -2.58. The van der Waals surface area contributed by atoms with Crippen molar-refractivity contribution in [3.05, 3.63) is 35.7 Å². The summed E-state index contributed by atoms with van der Waals surface area (Å²) in [5, 5.41) is 31.5. The third-order valence-electron chi connectivity index (χ3n) is 14.6. The molecule has 0 radical (unpaired) electrons. The molecule has 4 amide bonds. The van der Waals surface area contributed by atoms with Gasteiger partial charge in [0.2, 0.25) is 11.8 Å². The van der Waals surface area contributed by atoms with E-state index in [9.17, 15) is 24.3 Å². The molecule has 10 rings (SSSR count). The van der Waals surface area contributed by atoms with Crippen molar-refractivity contribution in [1.82, 2.24) is 40.8 Å². The van der Waals surface area contributed by atoms with Gasteiger partial charge in [0.05, 0.1) is 56.5 Å². The molecule has 0 spiro atoms. The summed E-state index contributed by atoms with van der Waals surface area (Å²) in [6, 6.07) is 0.0670. The van der Waals surface area contributed by atoms with Crippen molar-refractivity contribution in [2.24, 2.45) is 47.3 Å². The highest BCUT2D eigenvalue weighted by Crippen LogP contribution is 2.58. The number of methoxy groups -OCH3 is 2. The predicted octanol–water partition coefficient (Wildman–Crippen LogP) is 8.00. The van der Waals surface area contributed by atoms with Crippen LogP contribution in [0.25, 0.3) is 12.4 Å². The lowest BCUT2D eigenvalue weighted by molar-refractivity contribution is -0.136. The topological polar surface area (TPSA) is 209 Å². The van der Waals surface area contributed by atoms with Crippen LogP contribution < -0.4 is 30.7 Å². The number of carbonyl (C=O) groups excluding carboxylic acids is 4. The summed E-state index contributed by atoms with van der Waals surface area (Å²) in [5.74, 6) is 2.87. The van der Waals surface area contributed by atoms with Crippen LogP contribution in [0.15, 0.2) is 24.5 Å². The molecule has 8 bridgehead atoms. The summed E-state index contributed by atoms with van der Waals surface area (Å²) in [7, 11) is 2.62. The second-order valence-electron chi connectivity index (χ2n) is 22.6. The first kappa shape index (κ1) is 53.2. The van der Waals surface area contributed by atoms with Crippen LogP contribution in [0.4, 0.5) is 14.0 Å². The molecule has 17 nitrogen and oxygen atoms in total. The zero-order chi connectivity index (χ0) is 49.3. The molecule has 2 aromatic heterocycles. The van der Waals surface area contributed by atoms with E-state index in [1.54, 1.807) is 24.6 Å². The number of ether oxygens (including phenoxy) is 4. The minimum Gasteiger partial charge on any atom is -0.477 e. The van der Waals surface area contributed by atoms with Gasteiger partial charge in [-0.15, -0.1) is 0 Å². The summed E-state index contributed by atoms with van der Waals surface area (Å²) < 4.78 is 39.5. The Hall–Kier alpha value is -5.13. The zero-order valence-corrected chi connectivity index (χ0v) is 41.6. The van der Waals surface area contributed by atoms with Gasteiger partial charge >= 0.3 is 12.2 Å². The molecule has 8 aliphatic carbocycles. The van der Waals surface area contributed by atoms with E-state index >= 15 is 4.39 Å². The number of hydrogen-bond donors (Lipinski definition) is 5. The van der Waals surface area contributed by atoms with Crippen LogP contribution in [0.1, 0.15) is 148 Å². The van der Waals surface area contributed by atoms with E-state index in [1.807, 2.05) is 55.4 Å². The van der Waals surface area contributed by atoms with Gasteiger partial charge in [-0.1, -0.05) is 35.1 Å². The Kier molecular flexibility index (Phi) is 16.3. The van der Waals surface area contributed by atoms with Crippen molar-refractivity contribution in [3.8, 4) is 11.8 Å². The molecule has 5 N–H and O–H groups in total. The number of aromatic nitrogens is 4. The maximum absolute atomic E-state index is 15.1. The molecule has 8 saturated carbocycles. The van der Waals surface area contributed by atoms with Gasteiger partial charge in [0.25, 0.3) is 11.8 Å². The summed E-state index contributed by atoms with van der Waals surface area (Å²) >= 11 is 0. The molecule has 8 aliphatic rings. The molecule has 384 valence electrons. The SMILES string of the molecule is C.COC(=O)NC(C)(C)/C=C/n1ncc(C(=O)NC2C3CC4CC2CC(F)(C4)C3)c1OCC(C)C.COC(=O)NC(C)(C)/C=C/n1ncc(C(=O)NC2C3CC4CC2CC(O)(C4)C3)c1OCC(C)C. The highest BCUT2D eigenvalue weighted by Gasteiger charge is 2.57. The number of nitrogens with zero attached hydrogens (tertiary/aromatic N) is 4. The number of alkyl carbamates (subject to hydrolysis) is 2. The molecule has 0 aliphatic heterocycles. The van der Waals surface area contributed by atoms with E-state index in [-0.39, 0.29) is 55.0 Å². The molecule has 0 saturated heterocycles. The van der Waals surface area contributed by atoms with Gasteiger partial charge in [0.1, 0.15) is 16.8 Å². The van der Waals surface area contributed by atoms with Crippen molar-refractivity contribution in [1.29, 1.82) is 0 Å². The van der Waals surface area contributed by atoms with E-state index in [4.69, 9.17) is 9.47 Å². The maximum atomic E-state index is 15.1. The monoisotopic (exact) mass is 967 g/mol. The fourth-order valence-corrected chi connectivity index (χ4v) is 12.1. The van der Waals surface area contributed by atoms with Gasteiger partial charge in [-0.2, -0.15) is 10.2 Å². The number of alkyl halides is 1. The van der Waals surface area contributed by atoms with Crippen LogP contribution in [-0.4, -0.2) is 111 Å². The number of nitrogens with one attached hydrogen (secondary N) is 4. The maximum Gasteiger partial charge on any atom is 0.407 e. The molecule has 4 atom stereocenters. The lowest BCUT2D eigenvalue weighted by atomic mass is 9.52. The summed E-state index contributed by atoms with van der Waals surface area (Å²) in [6.07, 6.45) is 17.2. The number of rotatable bonds is 16. The molecule has 69 heavy (non-hydrogen) atoms. The lowest BCUT2D eigenvalue weighted by Crippen LogP contribution is -2.61. The molecule has 18 heteroatoms. The Labute approximate surface area is 407 Å². The van der Waals surface area contributed by atoms with E-state index in [2.05, 4.69) is 40.9 Å². The molecule has 4 unspecified atom stereocenters. The van der Waals surface area contributed by atoms with Crippen molar-refractivity contribution in [2.45, 2.75) is 161 Å². The third kappa shape index (κ3) is 12.8. The van der Waals surface area contributed by atoms with E-state index in [1.165, 1.54) is 36.0 Å².